The minimum atomic E-state index is -0.606. The van der Waals surface area contributed by atoms with E-state index in [1.54, 1.807) is 6.92 Å². The van der Waals surface area contributed by atoms with Crippen LogP contribution in [0.5, 0.6) is 0 Å². The van der Waals surface area contributed by atoms with Crippen LogP contribution in [-0.2, 0) is 30.2 Å². The average molecular weight is 300 g/mol. The Morgan fingerprint density at radius 2 is 2.05 bits per heavy atom. The summed E-state index contributed by atoms with van der Waals surface area (Å²) in [4.78, 5) is 23.4. The summed E-state index contributed by atoms with van der Waals surface area (Å²) in [6.07, 6.45) is 1.87. The first-order chi connectivity index (χ1) is 10.6. The molecule has 22 heavy (non-hydrogen) atoms. The fraction of sp³-hybridized carbons (Fsp3) is 0.412. The highest BCUT2D eigenvalue weighted by Gasteiger charge is 2.46. The van der Waals surface area contributed by atoms with Gasteiger partial charge in [0, 0.05) is 12.3 Å². The van der Waals surface area contributed by atoms with Gasteiger partial charge in [0.1, 0.15) is 6.10 Å². The molecule has 1 aromatic rings. The SMILES string of the molecule is CC1C[C@@H](O/C=C2/C(=O)O[C@@H]3c4ccccc4C[C@H]23)OC1=O. The molecule has 0 aromatic heterocycles. The second kappa shape index (κ2) is 4.87. The van der Waals surface area contributed by atoms with Crippen LogP contribution in [0.2, 0.25) is 0 Å². The summed E-state index contributed by atoms with van der Waals surface area (Å²) in [5.74, 6) is -0.785. The molecule has 2 aliphatic heterocycles. The fourth-order valence-corrected chi connectivity index (χ4v) is 3.36. The minimum Gasteiger partial charge on any atom is -0.462 e. The van der Waals surface area contributed by atoms with E-state index < -0.39 is 6.29 Å². The third-order valence-corrected chi connectivity index (χ3v) is 4.58. The standard InChI is InChI=1S/C17H16O5/c1-9-6-14(21-16(9)18)20-8-13-12-7-10-4-2-3-5-11(10)15(12)22-17(13)19/h2-5,8-9,12,14-15H,6-7H2,1H3/b13-8+/t9?,12-,14+,15-/m1/s1. The molecule has 0 saturated carbocycles. The first-order valence-corrected chi connectivity index (χ1v) is 7.48. The minimum absolute atomic E-state index is 0.0144. The van der Waals surface area contributed by atoms with Crippen molar-refractivity contribution in [3.63, 3.8) is 0 Å². The molecule has 2 fully saturated rings. The molecule has 0 amide bonds. The summed E-state index contributed by atoms with van der Waals surface area (Å²) in [5, 5.41) is 0. The third-order valence-electron chi connectivity index (χ3n) is 4.58. The van der Waals surface area contributed by atoms with Gasteiger partial charge in [-0.15, -0.1) is 0 Å². The Labute approximate surface area is 127 Å². The van der Waals surface area contributed by atoms with E-state index in [1.165, 1.54) is 11.8 Å². The number of cyclic esters (lactones) is 1. The van der Waals surface area contributed by atoms with Crippen molar-refractivity contribution in [1.29, 1.82) is 0 Å². The number of rotatable bonds is 2. The van der Waals surface area contributed by atoms with Crippen molar-refractivity contribution in [3.8, 4) is 0 Å². The molecule has 0 N–H and O–H groups in total. The molecule has 4 atom stereocenters. The van der Waals surface area contributed by atoms with Crippen molar-refractivity contribution in [2.24, 2.45) is 11.8 Å². The molecule has 5 nitrogen and oxygen atoms in total. The molecule has 5 heteroatoms. The first-order valence-electron chi connectivity index (χ1n) is 7.48. The summed E-state index contributed by atoms with van der Waals surface area (Å²) >= 11 is 0. The summed E-state index contributed by atoms with van der Waals surface area (Å²) < 4.78 is 16.1. The number of carbonyl (C=O) groups is 2. The molecule has 4 rings (SSSR count). The molecule has 2 heterocycles. The Bertz CT molecular complexity index is 677. The summed E-state index contributed by atoms with van der Waals surface area (Å²) in [7, 11) is 0. The maximum absolute atomic E-state index is 12.1. The molecule has 0 radical (unpaired) electrons. The first kappa shape index (κ1) is 13.4. The maximum atomic E-state index is 12.1. The average Bonchev–Trinajstić information content (AvgIpc) is 3.10. The monoisotopic (exact) mass is 300 g/mol. The molecule has 0 bridgehead atoms. The van der Waals surface area contributed by atoms with Crippen LogP contribution in [0.1, 0.15) is 30.6 Å². The third kappa shape index (κ3) is 2.00. The Kier molecular flexibility index (Phi) is 2.96. The zero-order valence-electron chi connectivity index (χ0n) is 12.2. The van der Waals surface area contributed by atoms with Crippen molar-refractivity contribution in [2.75, 3.05) is 0 Å². The number of esters is 2. The number of benzene rings is 1. The van der Waals surface area contributed by atoms with Crippen molar-refractivity contribution >= 4 is 11.9 Å². The lowest BCUT2D eigenvalue weighted by atomic mass is 9.98. The van der Waals surface area contributed by atoms with Gasteiger partial charge in [0.25, 0.3) is 0 Å². The van der Waals surface area contributed by atoms with E-state index in [9.17, 15) is 9.59 Å². The zero-order chi connectivity index (χ0) is 15.3. The fourth-order valence-electron chi connectivity index (χ4n) is 3.36. The quantitative estimate of drug-likeness (QED) is 0.476. The van der Waals surface area contributed by atoms with Crippen molar-refractivity contribution < 1.29 is 23.8 Å². The number of carbonyl (C=O) groups excluding carboxylic acids is 2. The van der Waals surface area contributed by atoms with Gasteiger partial charge < -0.3 is 14.2 Å². The van der Waals surface area contributed by atoms with Crippen molar-refractivity contribution in [2.45, 2.75) is 32.2 Å². The van der Waals surface area contributed by atoms with Gasteiger partial charge >= 0.3 is 11.9 Å². The molecule has 114 valence electrons. The highest BCUT2D eigenvalue weighted by Crippen LogP contribution is 2.47. The van der Waals surface area contributed by atoms with E-state index >= 15 is 0 Å². The predicted molar refractivity (Wildman–Crippen MR) is 75.3 cm³/mol. The largest absolute Gasteiger partial charge is 0.462 e. The van der Waals surface area contributed by atoms with Crippen LogP contribution in [0.25, 0.3) is 0 Å². The molecule has 3 aliphatic rings. The van der Waals surface area contributed by atoms with Crippen LogP contribution in [-0.4, -0.2) is 18.2 Å². The van der Waals surface area contributed by atoms with Gasteiger partial charge in [0.15, 0.2) is 0 Å². The van der Waals surface area contributed by atoms with Crippen LogP contribution in [0.4, 0.5) is 0 Å². The molecule has 2 saturated heterocycles. The van der Waals surface area contributed by atoms with Crippen LogP contribution in [0.3, 0.4) is 0 Å². The molecular formula is C17H16O5. The van der Waals surface area contributed by atoms with Gasteiger partial charge in [-0.05, 0) is 17.5 Å². The van der Waals surface area contributed by atoms with E-state index in [0.29, 0.717) is 12.0 Å². The van der Waals surface area contributed by atoms with Gasteiger partial charge in [-0.1, -0.05) is 31.2 Å². The number of fused-ring (bicyclic) bond motifs is 3. The number of hydrogen-bond donors (Lipinski definition) is 0. The number of ether oxygens (including phenoxy) is 3. The van der Waals surface area contributed by atoms with E-state index in [-0.39, 0.29) is 29.9 Å². The number of hydrogen-bond acceptors (Lipinski definition) is 5. The summed E-state index contributed by atoms with van der Waals surface area (Å²) in [5.41, 5.74) is 2.80. The normalized spacial score (nSPS) is 34.3. The summed E-state index contributed by atoms with van der Waals surface area (Å²) in [6, 6.07) is 7.99. The van der Waals surface area contributed by atoms with Crippen LogP contribution in [0.15, 0.2) is 36.1 Å². The highest BCUT2D eigenvalue weighted by molar-refractivity contribution is 5.92. The van der Waals surface area contributed by atoms with E-state index in [0.717, 1.165) is 12.0 Å². The van der Waals surface area contributed by atoms with Gasteiger partial charge in [-0.25, -0.2) is 4.79 Å². The summed E-state index contributed by atoms with van der Waals surface area (Å²) in [6.45, 7) is 1.80. The van der Waals surface area contributed by atoms with Crippen LogP contribution >= 0.6 is 0 Å². The van der Waals surface area contributed by atoms with Gasteiger partial charge in [0.05, 0.1) is 17.8 Å². The second-order valence-corrected chi connectivity index (χ2v) is 6.05. The zero-order valence-corrected chi connectivity index (χ0v) is 12.2. The van der Waals surface area contributed by atoms with Crippen LogP contribution < -0.4 is 0 Å². The van der Waals surface area contributed by atoms with Crippen molar-refractivity contribution in [3.05, 3.63) is 47.2 Å². The lowest BCUT2D eigenvalue weighted by molar-refractivity contribution is -0.156. The van der Waals surface area contributed by atoms with E-state index in [2.05, 4.69) is 6.07 Å². The maximum Gasteiger partial charge on any atom is 0.338 e. The molecule has 1 aromatic carbocycles. The Morgan fingerprint density at radius 3 is 2.82 bits per heavy atom. The Morgan fingerprint density at radius 1 is 1.23 bits per heavy atom. The molecule has 0 spiro atoms. The topological polar surface area (TPSA) is 61.8 Å². The van der Waals surface area contributed by atoms with E-state index in [1.807, 2.05) is 18.2 Å². The lowest BCUT2D eigenvalue weighted by Crippen LogP contribution is -2.11. The predicted octanol–water partition coefficient (Wildman–Crippen LogP) is 2.27. The van der Waals surface area contributed by atoms with Gasteiger partial charge in [-0.2, -0.15) is 0 Å². The van der Waals surface area contributed by atoms with Gasteiger partial charge in [-0.3, -0.25) is 4.79 Å². The smallest absolute Gasteiger partial charge is 0.338 e. The van der Waals surface area contributed by atoms with E-state index in [4.69, 9.17) is 14.2 Å². The Balaban J connectivity index is 1.53. The lowest BCUT2D eigenvalue weighted by Gasteiger charge is -2.10. The Hall–Kier alpha value is -2.30. The van der Waals surface area contributed by atoms with Crippen LogP contribution in [0, 0.1) is 11.8 Å². The second-order valence-electron chi connectivity index (χ2n) is 6.05. The molecule has 1 aliphatic carbocycles. The highest BCUT2D eigenvalue weighted by atomic mass is 16.7. The molecule has 1 unspecified atom stereocenters. The van der Waals surface area contributed by atoms with Crippen molar-refractivity contribution in [1.82, 2.24) is 0 Å². The van der Waals surface area contributed by atoms with Gasteiger partial charge in [0.2, 0.25) is 6.29 Å². The molecular weight excluding hydrogens is 284 g/mol.